The Kier molecular flexibility index (Phi) is 4.05. The maximum atomic E-state index is 12.9. The summed E-state index contributed by atoms with van der Waals surface area (Å²) in [6.07, 6.45) is 2.55. The minimum Gasteiger partial charge on any atom is -0.481 e. The highest BCUT2D eigenvalue weighted by Gasteiger charge is 2.07. The molecule has 0 aliphatic carbocycles. The summed E-state index contributed by atoms with van der Waals surface area (Å²) in [7, 11) is 0. The second-order valence-corrected chi connectivity index (χ2v) is 5.27. The molecule has 2 rings (SSSR count). The highest BCUT2D eigenvalue weighted by molar-refractivity contribution is 8.01. The maximum absolute atomic E-state index is 12.9. The second-order valence-electron chi connectivity index (χ2n) is 3.07. The molecule has 18 heavy (non-hydrogen) atoms. The molecule has 0 bridgehead atoms. The summed E-state index contributed by atoms with van der Waals surface area (Å²) in [4.78, 5) is 14.1. The number of thioether (sulfide) groups is 1. The molecule has 6 nitrogen and oxygen atoms in total. The Morgan fingerprint density at radius 3 is 3.06 bits per heavy atom. The van der Waals surface area contributed by atoms with E-state index < -0.39 is 11.8 Å². The monoisotopic (exact) mass is 286 g/mol. The zero-order valence-electron chi connectivity index (χ0n) is 8.83. The van der Waals surface area contributed by atoms with Crippen LogP contribution in [-0.2, 0) is 4.79 Å². The first-order valence-corrected chi connectivity index (χ1v) is 6.49. The van der Waals surface area contributed by atoms with Crippen LogP contribution >= 0.6 is 23.1 Å². The van der Waals surface area contributed by atoms with Gasteiger partial charge in [-0.05, 0) is 0 Å². The standard InChI is InChI=1S/C9H7FN4O2S2/c10-5-1-6(3-11-2-5)12-8-13-14-9(18-8)17-4-7(15)16/h1-3H,4H2,(H,12,13)(H,15,16). The van der Waals surface area contributed by atoms with E-state index in [4.69, 9.17) is 5.11 Å². The third-order valence-electron chi connectivity index (χ3n) is 1.68. The van der Waals surface area contributed by atoms with Crippen LogP contribution in [0.2, 0.25) is 0 Å². The van der Waals surface area contributed by atoms with Gasteiger partial charge in [-0.1, -0.05) is 23.1 Å². The van der Waals surface area contributed by atoms with Crippen LogP contribution in [0.5, 0.6) is 0 Å². The molecule has 0 spiro atoms. The first kappa shape index (κ1) is 12.7. The molecular formula is C9H7FN4O2S2. The Balaban J connectivity index is 2.00. The largest absolute Gasteiger partial charge is 0.481 e. The highest BCUT2D eigenvalue weighted by Crippen LogP contribution is 2.27. The molecule has 94 valence electrons. The normalized spacial score (nSPS) is 10.3. The number of carboxylic acids is 1. The van der Waals surface area contributed by atoms with E-state index in [-0.39, 0.29) is 5.75 Å². The second kappa shape index (κ2) is 5.74. The van der Waals surface area contributed by atoms with Gasteiger partial charge in [0.2, 0.25) is 5.13 Å². The Hall–Kier alpha value is -1.74. The van der Waals surface area contributed by atoms with Crippen LogP contribution in [0.25, 0.3) is 0 Å². The lowest BCUT2D eigenvalue weighted by Gasteiger charge is -1.99. The summed E-state index contributed by atoms with van der Waals surface area (Å²) in [5.74, 6) is -1.44. The Labute approximate surface area is 109 Å². The molecule has 0 aliphatic rings. The molecular weight excluding hydrogens is 279 g/mol. The number of nitrogens with one attached hydrogen (secondary N) is 1. The number of rotatable bonds is 5. The number of nitrogens with zero attached hydrogens (tertiary/aromatic N) is 3. The molecule has 0 aliphatic heterocycles. The predicted molar refractivity (Wildman–Crippen MR) is 65.7 cm³/mol. The minimum atomic E-state index is -0.918. The van der Waals surface area contributed by atoms with E-state index in [9.17, 15) is 9.18 Å². The summed E-state index contributed by atoms with van der Waals surface area (Å²) in [5, 5.41) is 19.4. The van der Waals surface area contributed by atoms with Crippen LogP contribution in [0.3, 0.4) is 0 Å². The van der Waals surface area contributed by atoms with Crippen molar-refractivity contribution in [2.45, 2.75) is 4.34 Å². The predicted octanol–water partition coefficient (Wildman–Crippen LogP) is 1.99. The smallest absolute Gasteiger partial charge is 0.313 e. The van der Waals surface area contributed by atoms with Crippen molar-refractivity contribution in [3.63, 3.8) is 0 Å². The zero-order valence-corrected chi connectivity index (χ0v) is 10.5. The molecule has 2 aromatic heterocycles. The molecule has 0 radical (unpaired) electrons. The van der Waals surface area contributed by atoms with Crippen LogP contribution < -0.4 is 5.32 Å². The molecule has 2 aromatic rings. The van der Waals surface area contributed by atoms with Gasteiger partial charge in [-0.15, -0.1) is 10.2 Å². The number of anilines is 2. The molecule has 0 saturated carbocycles. The molecule has 0 unspecified atom stereocenters. The SMILES string of the molecule is O=C(O)CSc1nnc(Nc2cncc(F)c2)s1. The van der Waals surface area contributed by atoms with Gasteiger partial charge in [0.25, 0.3) is 0 Å². The van der Waals surface area contributed by atoms with E-state index in [2.05, 4.69) is 20.5 Å². The van der Waals surface area contributed by atoms with Crippen LogP contribution in [0.4, 0.5) is 15.2 Å². The first-order valence-electron chi connectivity index (χ1n) is 4.69. The van der Waals surface area contributed by atoms with Crippen molar-refractivity contribution in [3.8, 4) is 0 Å². The first-order chi connectivity index (χ1) is 8.63. The topological polar surface area (TPSA) is 88.0 Å². The number of aromatic nitrogens is 3. The van der Waals surface area contributed by atoms with Gasteiger partial charge in [0.05, 0.1) is 23.8 Å². The number of halogens is 1. The quantitative estimate of drug-likeness (QED) is 0.812. The number of carboxylic acid groups (broad SMARTS) is 1. The third kappa shape index (κ3) is 3.64. The Morgan fingerprint density at radius 2 is 2.33 bits per heavy atom. The van der Waals surface area contributed by atoms with E-state index in [0.29, 0.717) is 15.2 Å². The van der Waals surface area contributed by atoms with Gasteiger partial charge in [0, 0.05) is 6.07 Å². The van der Waals surface area contributed by atoms with Crippen molar-refractivity contribution in [2.24, 2.45) is 0 Å². The Bertz CT molecular complexity index is 563. The fourth-order valence-electron chi connectivity index (χ4n) is 1.05. The number of hydrogen-bond acceptors (Lipinski definition) is 7. The van der Waals surface area contributed by atoms with E-state index in [1.807, 2.05) is 0 Å². The number of hydrogen-bond donors (Lipinski definition) is 2. The lowest BCUT2D eigenvalue weighted by atomic mass is 10.4. The molecule has 0 fully saturated rings. The van der Waals surface area contributed by atoms with E-state index in [1.165, 1.54) is 23.6 Å². The molecule has 0 saturated heterocycles. The molecule has 2 N–H and O–H groups in total. The van der Waals surface area contributed by atoms with Crippen molar-refractivity contribution >= 4 is 39.9 Å². The van der Waals surface area contributed by atoms with Crippen LogP contribution in [-0.4, -0.2) is 32.0 Å². The average molecular weight is 286 g/mol. The van der Waals surface area contributed by atoms with Crippen molar-refractivity contribution < 1.29 is 14.3 Å². The third-order valence-corrected chi connectivity index (χ3v) is 3.64. The van der Waals surface area contributed by atoms with Crippen LogP contribution in [0.1, 0.15) is 0 Å². The summed E-state index contributed by atoms with van der Waals surface area (Å²) in [5.41, 5.74) is 0.459. The van der Waals surface area contributed by atoms with Gasteiger partial charge in [-0.3, -0.25) is 9.78 Å². The van der Waals surface area contributed by atoms with Crippen molar-refractivity contribution in [2.75, 3.05) is 11.1 Å². The minimum absolute atomic E-state index is 0.0733. The van der Waals surface area contributed by atoms with Crippen molar-refractivity contribution in [1.29, 1.82) is 0 Å². The Morgan fingerprint density at radius 1 is 1.50 bits per heavy atom. The van der Waals surface area contributed by atoms with Gasteiger partial charge in [-0.25, -0.2) is 4.39 Å². The molecule has 2 heterocycles. The van der Waals surface area contributed by atoms with Gasteiger partial charge >= 0.3 is 5.97 Å². The molecule has 0 aromatic carbocycles. The summed E-state index contributed by atoms with van der Waals surface area (Å²) >= 11 is 2.27. The summed E-state index contributed by atoms with van der Waals surface area (Å²) < 4.78 is 13.4. The van der Waals surface area contributed by atoms with Gasteiger partial charge < -0.3 is 10.4 Å². The molecule has 0 amide bonds. The van der Waals surface area contributed by atoms with Crippen molar-refractivity contribution in [3.05, 3.63) is 24.3 Å². The van der Waals surface area contributed by atoms with Crippen molar-refractivity contribution in [1.82, 2.24) is 15.2 Å². The molecule has 9 heteroatoms. The summed E-state index contributed by atoms with van der Waals surface area (Å²) in [6, 6.07) is 1.28. The maximum Gasteiger partial charge on any atom is 0.313 e. The van der Waals surface area contributed by atoms with Gasteiger partial charge in [0.1, 0.15) is 5.82 Å². The zero-order chi connectivity index (χ0) is 13.0. The number of pyridine rings is 1. The summed E-state index contributed by atoms with van der Waals surface area (Å²) in [6.45, 7) is 0. The van der Waals surface area contributed by atoms with Gasteiger partial charge in [-0.2, -0.15) is 0 Å². The van der Waals surface area contributed by atoms with E-state index in [1.54, 1.807) is 0 Å². The molecule has 0 atom stereocenters. The highest BCUT2D eigenvalue weighted by atomic mass is 32.2. The number of aliphatic carboxylic acids is 1. The van der Waals surface area contributed by atoms with Gasteiger partial charge in [0.15, 0.2) is 4.34 Å². The van der Waals surface area contributed by atoms with E-state index in [0.717, 1.165) is 18.0 Å². The van der Waals surface area contributed by atoms with Crippen LogP contribution in [0, 0.1) is 5.82 Å². The average Bonchev–Trinajstić information content (AvgIpc) is 2.74. The lowest BCUT2D eigenvalue weighted by Crippen LogP contribution is -1.96. The fourth-order valence-corrected chi connectivity index (χ4v) is 2.54. The van der Waals surface area contributed by atoms with Crippen LogP contribution in [0.15, 0.2) is 22.8 Å². The lowest BCUT2D eigenvalue weighted by molar-refractivity contribution is -0.133. The van der Waals surface area contributed by atoms with E-state index >= 15 is 0 Å². The fraction of sp³-hybridized carbons (Fsp3) is 0.111. The number of carbonyl (C=O) groups is 1.